The van der Waals surface area contributed by atoms with E-state index in [1.165, 1.54) is 11.6 Å². The number of nitriles is 1. The molecule has 0 aliphatic heterocycles. The Morgan fingerprint density at radius 1 is 0.931 bits per heavy atom. The molecular formula is C24H19F2NO2. The number of hydrogen-bond acceptors (Lipinski definition) is 3. The van der Waals surface area contributed by atoms with Gasteiger partial charge in [0.25, 0.3) is 0 Å². The molecule has 0 atom stereocenters. The Balaban J connectivity index is 1.72. The second-order valence-corrected chi connectivity index (χ2v) is 6.62. The largest absolute Gasteiger partial charge is 0.420 e. The lowest BCUT2D eigenvalue weighted by Gasteiger charge is -2.08. The van der Waals surface area contributed by atoms with Gasteiger partial charge < -0.3 is 4.74 Å². The maximum absolute atomic E-state index is 13.9. The average molecular weight is 391 g/mol. The molecule has 0 amide bonds. The number of halogens is 2. The number of nitrogens with zero attached hydrogens (tertiary/aromatic N) is 1. The predicted molar refractivity (Wildman–Crippen MR) is 107 cm³/mol. The first kappa shape index (κ1) is 20.2. The van der Waals surface area contributed by atoms with Crippen molar-refractivity contribution in [2.24, 2.45) is 0 Å². The fourth-order valence-corrected chi connectivity index (χ4v) is 2.90. The van der Waals surface area contributed by atoms with Crippen molar-refractivity contribution in [3.8, 4) is 22.9 Å². The van der Waals surface area contributed by atoms with Crippen LogP contribution in [0.25, 0.3) is 11.1 Å². The lowest BCUT2D eigenvalue weighted by atomic mass is 10.0. The Bertz CT molecular complexity index is 1050. The smallest absolute Gasteiger partial charge is 0.343 e. The summed E-state index contributed by atoms with van der Waals surface area (Å²) in [5.41, 5.74) is 2.99. The second kappa shape index (κ2) is 9.11. The highest BCUT2D eigenvalue weighted by Gasteiger charge is 2.18. The number of rotatable bonds is 6. The number of carbonyl (C=O) groups excluding carboxylic acids is 1. The van der Waals surface area contributed by atoms with Crippen LogP contribution in [0.2, 0.25) is 0 Å². The third kappa shape index (κ3) is 4.67. The maximum atomic E-state index is 13.9. The van der Waals surface area contributed by atoms with Crippen LogP contribution in [-0.4, -0.2) is 5.97 Å². The molecule has 5 heteroatoms. The fraction of sp³-hybridized carbons (Fsp3) is 0.167. The van der Waals surface area contributed by atoms with E-state index in [-0.39, 0.29) is 5.56 Å². The van der Waals surface area contributed by atoms with Gasteiger partial charge in [-0.25, -0.2) is 9.18 Å². The highest BCUT2D eigenvalue weighted by atomic mass is 19.2. The van der Waals surface area contributed by atoms with Crippen LogP contribution >= 0.6 is 0 Å². The van der Waals surface area contributed by atoms with Crippen molar-refractivity contribution in [2.75, 3.05) is 0 Å². The Labute approximate surface area is 168 Å². The van der Waals surface area contributed by atoms with E-state index in [2.05, 4.69) is 19.1 Å². The highest BCUT2D eigenvalue weighted by Crippen LogP contribution is 2.25. The van der Waals surface area contributed by atoms with Crippen molar-refractivity contribution in [2.45, 2.75) is 26.2 Å². The molecule has 0 N–H and O–H groups in total. The first-order valence-corrected chi connectivity index (χ1v) is 9.33. The molecule has 0 unspecified atom stereocenters. The summed E-state index contributed by atoms with van der Waals surface area (Å²) in [7, 11) is 0. The van der Waals surface area contributed by atoms with Gasteiger partial charge in [-0.15, -0.1) is 0 Å². The maximum Gasteiger partial charge on any atom is 0.343 e. The molecule has 0 radical (unpaired) electrons. The van der Waals surface area contributed by atoms with E-state index >= 15 is 0 Å². The molecule has 0 heterocycles. The molecule has 146 valence electrons. The highest BCUT2D eigenvalue weighted by molar-refractivity contribution is 5.91. The number of aryl methyl sites for hydroxylation is 1. The van der Waals surface area contributed by atoms with Crippen LogP contribution in [0, 0.1) is 23.0 Å². The number of ether oxygens (including phenoxy) is 1. The van der Waals surface area contributed by atoms with Crippen molar-refractivity contribution >= 4 is 5.97 Å². The number of carbonyl (C=O) groups is 1. The van der Waals surface area contributed by atoms with E-state index in [1.807, 2.05) is 12.1 Å². The van der Waals surface area contributed by atoms with Crippen LogP contribution in [0.4, 0.5) is 8.78 Å². The van der Waals surface area contributed by atoms with Gasteiger partial charge in [0.1, 0.15) is 6.07 Å². The Hall–Kier alpha value is -3.52. The van der Waals surface area contributed by atoms with Gasteiger partial charge >= 0.3 is 5.97 Å². The molecule has 0 bridgehead atoms. The van der Waals surface area contributed by atoms with Gasteiger partial charge in [0.15, 0.2) is 11.6 Å². The zero-order valence-electron chi connectivity index (χ0n) is 15.9. The molecule has 29 heavy (non-hydrogen) atoms. The molecular weight excluding hydrogens is 372 g/mol. The van der Waals surface area contributed by atoms with Crippen LogP contribution in [0.15, 0.2) is 60.7 Å². The molecule has 0 saturated heterocycles. The van der Waals surface area contributed by atoms with Gasteiger partial charge in [0.2, 0.25) is 5.82 Å². The molecule has 0 fully saturated rings. The number of hydrogen-bond donors (Lipinski definition) is 0. The quantitative estimate of drug-likeness (QED) is 0.379. The summed E-state index contributed by atoms with van der Waals surface area (Å²) in [6.45, 7) is 2.16. The summed E-state index contributed by atoms with van der Waals surface area (Å²) in [6.07, 6.45) is 3.35. The number of benzene rings is 3. The average Bonchev–Trinajstić information content (AvgIpc) is 2.76. The normalized spacial score (nSPS) is 10.4. The van der Waals surface area contributed by atoms with Gasteiger partial charge in [0, 0.05) is 0 Å². The van der Waals surface area contributed by atoms with E-state index in [9.17, 15) is 13.6 Å². The lowest BCUT2D eigenvalue weighted by Crippen LogP contribution is -2.10. The molecule has 3 aromatic carbocycles. The van der Waals surface area contributed by atoms with Gasteiger partial charge in [0.05, 0.1) is 11.1 Å². The molecule has 0 saturated carbocycles. The van der Waals surface area contributed by atoms with Crippen LogP contribution in [0.1, 0.15) is 41.3 Å². The van der Waals surface area contributed by atoms with Crippen molar-refractivity contribution in [3.05, 3.63) is 89.0 Å². The second-order valence-electron chi connectivity index (χ2n) is 6.62. The molecule has 0 aliphatic rings. The lowest BCUT2D eigenvalue weighted by molar-refractivity contribution is 0.0726. The first-order valence-electron chi connectivity index (χ1n) is 9.33. The van der Waals surface area contributed by atoms with Crippen molar-refractivity contribution in [3.63, 3.8) is 0 Å². The first-order chi connectivity index (χ1) is 14.0. The fourth-order valence-electron chi connectivity index (χ4n) is 2.90. The minimum atomic E-state index is -1.36. The van der Waals surface area contributed by atoms with E-state index < -0.39 is 28.9 Å². The zero-order valence-corrected chi connectivity index (χ0v) is 15.9. The summed E-state index contributed by atoms with van der Waals surface area (Å²) >= 11 is 0. The molecule has 0 aliphatic carbocycles. The minimum Gasteiger partial charge on any atom is -0.420 e. The predicted octanol–water partition coefficient (Wildman–Crippen LogP) is 6.07. The molecule has 3 aromatic rings. The van der Waals surface area contributed by atoms with E-state index in [0.29, 0.717) is 0 Å². The summed E-state index contributed by atoms with van der Waals surface area (Å²) in [5.74, 6) is -4.07. The minimum absolute atomic E-state index is 0.206. The Kier molecular flexibility index (Phi) is 6.36. The standard InChI is InChI=1S/C24H19F2NO2/c1-2-3-4-16-5-7-17(8-6-16)18-9-11-19(12-10-18)24(28)29-21-14-13-20(15-27)22(25)23(21)26/h5-14H,2-4H2,1H3. The van der Waals surface area contributed by atoms with Gasteiger partial charge in [-0.1, -0.05) is 49.7 Å². The van der Waals surface area contributed by atoms with Crippen molar-refractivity contribution in [1.82, 2.24) is 0 Å². The third-order valence-electron chi connectivity index (χ3n) is 4.60. The summed E-state index contributed by atoms with van der Waals surface area (Å²) < 4.78 is 32.5. The Morgan fingerprint density at radius 2 is 1.55 bits per heavy atom. The van der Waals surface area contributed by atoms with Crippen molar-refractivity contribution < 1.29 is 18.3 Å². The van der Waals surface area contributed by atoms with Gasteiger partial charge in [-0.2, -0.15) is 9.65 Å². The number of esters is 1. The van der Waals surface area contributed by atoms with E-state index in [4.69, 9.17) is 10.00 Å². The molecule has 0 aromatic heterocycles. The summed E-state index contributed by atoms with van der Waals surface area (Å²) in [6, 6.07) is 18.6. The van der Waals surface area contributed by atoms with Crippen LogP contribution in [0.5, 0.6) is 5.75 Å². The summed E-state index contributed by atoms with van der Waals surface area (Å²) in [5, 5.41) is 8.70. The SMILES string of the molecule is CCCCc1ccc(-c2ccc(C(=O)Oc3ccc(C#N)c(F)c3F)cc2)cc1. The third-order valence-corrected chi connectivity index (χ3v) is 4.60. The number of unbranched alkanes of at least 4 members (excludes halogenated alkanes) is 1. The van der Waals surface area contributed by atoms with Crippen molar-refractivity contribution in [1.29, 1.82) is 5.26 Å². The van der Waals surface area contributed by atoms with E-state index in [1.54, 1.807) is 24.3 Å². The monoisotopic (exact) mass is 391 g/mol. The molecule has 3 nitrogen and oxygen atoms in total. The zero-order chi connectivity index (χ0) is 20.8. The summed E-state index contributed by atoms with van der Waals surface area (Å²) in [4.78, 5) is 12.2. The van der Waals surface area contributed by atoms with Gasteiger partial charge in [-0.3, -0.25) is 0 Å². The van der Waals surface area contributed by atoms with Crippen LogP contribution in [-0.2, 0) is 6.42 Å². The topological polar surface area (TPSA) is 50.1 Å². The van der Waals surface area contributed by atoms with Gasteiger partial charge in [-0.05, 0) is 53.8 Å². The molecule has 0 spiro atoms. The molecule has 3 rings (SSSR count). The van der Waals surface area contributed by atoms with Crippen LogP contribution < -0.4 is 4.74 Å². The Morgan fingerprint density at radius 3 is 2.14 bits per heavy atom. The van der Waals surface area contributed by atoms with Crippen LogP contribution in [0.3, 0.4) is 0 Å². The van der Waals surface area contributed by atoms with E-state index in [0.717, 1.165) is 42.5 Å².